The lowest BCUT2D eigenvalue weighted by atomic mass is 10.0. The minimum Gasteiger partial charge on any atom is -0.495 e. The van der Waals surface area contributed by atoms with Crippen molar-refractivity contribution >= 4 is 22.6 Å². The van der Waals surface area contributed by atoms with Gasteiger partial charge in [-0.3, -0.25) is 0 Å². The number of anilines is 1. The summed E-state index contributed by atoms with van der Waals surface area (Å²) in [5.74, 6) is 1.35. The highest BCUT2D eigenvalue weighted by Gasteiger charge is 2.10. The number of hydrogen-bond acceptors (Lipinski definition) is 5. The van der Waals surface area contributed by atoms with Crippen molar-refractivity contribution in [1.29, 1.82) is 5.26 Å². The first kappa shape index (κ1) is 19.7. The number of methoxy groups -OCH3 is 1. The molecule has 0 saturated heterocycles. The van der Waals surface area contributed by atoms with Gasteiger partial charge in [0, 0.05) is 17.1 Å². The number of ether oxygens (including phenoxy) is 1. The van der Waals surface area contributed by atoms with E-state index in [1.807, 2.05) is 29.6 Å². The SMILES string of the molecule is COc1ccccc1NC=C(C#N)c1nc(-c2ccc(CC(C)C)cc2)cs1. The van der Waals surface area contributed by atoms with Crippen LogP contribution in [0.2, 0.25) is 0 Å². The molecule has 4 nitrogen and oxygen atoms in total. The van der Waals surface area contributed by atoms with E-state index in [4.69, 9.17) is 4.74 Å². The molecule has 0 saturated carbocycles. The van der Waals surface area contributed by atoms with Crippen LogP contribution in [-0.2, 0) is 6.42 Å². The molecule has 2 aromatic carbocycles. The number of hydrogen-bond donors (Lipinski definition) is 1. The number of benzene rings is 2. The second kappa shape index (κ2) is 9.20. The van der Waals surface area contributed by atoms with Gasteiger partial charge in [0.25, 0.3) is 0 Å². The van der Waals surface area contributed by atoms with Gasteiger partial charge in [0.05, 0.1) is 18.5 Å². The third kappa shape index (κ3) is 4.79. The molecule has 0 aliphatic heterocycles. The van der Waals surface area contributed by atoms with Crippen LogP contribution in [0.3, 0.4) is 0 Å². The van der Waals surface area contributed by atoms with Crippen molar-refractivity contribution in [2.24, 2.45) is 5.92 Å². The molecule has 0 aliphatic rings. The summed E-state index contributed by atoms with van der Waals surface area (Å²) in [4.78, 5) is 4.65. The molecule has 3 rings (SSSR count). The van der Waals surface area contributed by atoms with Crippen molar-refractivity contribution in [3.8, 4) is 23.1 Å². The lowest BCUT2D eigenvalue weighted by molar-refractivity contribution is 0.417. The summed E-state index contributed by atoms with van der Waals surface area (Å²) in [5.41, 5.74) is 4.56. The number of nitrogens with one attached hydrogen (secondary N) is 1. The summed E-state index contributed by atoms with van der Waals surface area (Å²) >= 11 is 1.46. The van der Waals surface area contributed by atoms with Gasteiger partial charge in [-0.15, -0.1) is 11.3 Å². The Bertz CT molecular complexity index is 997. The molecular formula is C23H23N3OS. The smallest absolute Gasteiger partial charge is 0.142 e. The van der Waals surface area contributed by atoms with Crippen LogP contribution < -0.4 is 10.1 Å². The van der Waals surface area contributed by atoms with Crippen LogP contribution in [0, 0.1) is 17.2 Å². The summed E-state index contributed by atoms with van der Waals surface area (Å²) in [6, 6.07) is 18.3. The lowest BCUT2D eigenvalue weighted by Crippen LogP contribution is -1.94. The van der Waals surface area contributed by atoms with Crippen molar-refractivity contribution in [3.63, 3.8) is 0 Å². The number of aromatic nitrogens is 1. The molecule has 0 unspecified atom stereocenters. The molecule has 3 aromatic rings. The van der Waals surface area contributed by atoms with Gasteiger partial charge in [-0.05, 0) is 30.0 Å². The average molecular weight is 390 g/mol. The van der Waals surface area contributed by atoms with Gasteiger partial charge in [0.2, 0.25) is 0 Å². The molecule has 0 aliphatic carbocycles. The van der Waals surface area contributed by atoms with Gasteiger partial charge in [-0.2, -0.15) is 5.26 Å². The normalized spacial score (nSPS) is 11.3. The van der Waals surface area contributed by atoms with Crippen LogP contribution in [0.15, 0.2) is 60.1 Å². The van der Waals surface area contributed by atoms with E-state index in [0.29, 0.717) is 16.5 Å². The Hall–Kier alpha value is -3.10. The largest absolute Gasteiger partial charge is 0.495 e. The zero-order valence-corrected chi connectivity index (χ0v) is 17.1. The topological polar surface area (TPSA) is 57.9 Å². The van der Waals surface area contributed by atoms with Gasteiger partial charge >= 0.3 is 0 Å². The Morgan fingerprint density at radius 1 is 1.21 bits per heavy atom. The van der Waals surface area contributed by atoms with Crippen LogP contribution in [0.1, 0.15) is 24.4 Å². The van der Waals surface area contributed by atoms with Gasteiger partial charge in [0.1, 0.15) is 22.4 Å². The van der Waals surface area contributed by atoms with E-state index in [1.54, 1.807) is 13.3 Å². The second-order valence-electron chi connectivity index (χ2n) is 6.85. The zero-order valence-electron chi connectivity index (χ0n) is 16.3. The minimum absolute atomic E-state index is 0.485. The molecule has 28 heavy (non-hydrogen) atoms. The average Bonchev–Trinajstić information content (AvgIpc) is 3.19. The maximum absolute atomic E-state index is 9.56. The molecule has 142 valence electrons. The van der Waals surface area contributed by atoms with E-state index >= 15 is 0 Å². The Morgan fingerprint density at radius 3 is 2.64 bits per heavy atom. The van der Waals surface area contributed by atoms with Crippen LogP contribution >= 0.6 is 11.3 Å². The van der Waals surface area contributed by atoms with Crippen molar-refractivity contribution in [2.75, 3.05) is 12.4 Å². The van der Waals surface area contributed by atoms with Gasteiger partial charge < -0.3 is 10.1 Å². The predicted octanol–water partition coefficient (Wildman–Crippen LogP) is 5.99. The van der Waals surface area contributed by atoms with E-state index in [0.717, 1.165) is 29.1 Å². The summed E-state index contributed by atoms with van der Waals surface area (Å²) in [7, 11) is 1.62. The molecule has 0 radical (unpaired) electrons. The fraction of sp³-hybridized carbons (Fsp3) is 0.217. The predicted molar refractivity (Wildman–Crippen MR) is 116 cm³/mol. The number of rotatable bonds is 7. The third-order valence-electron chi connectivity index (χ3n) is 4.23. The molecule has 0 amide bonds. The van der Waals surface area contributed by atoms with Crippen LogP contribution in [0.25, 0.3) is 16.8 Å². The van der Waals surface area contributed by atoms with Crippen molar-refractivity contribution in [1.82, 2.24) is 4.98 Å². The van der Waals surface area contributed by atoms with Crippen molar-refractivity contribution in [3.05, 3.63) is 70.7 Å². The molecule has 0 bridgehead atoms. The summed E-state index contributed by atoms with van der Waals surface area (Å²) in [6.45, 7) is 4.44. The van der Waals surface area contributed by atoms with Crippen LogP contribution in [-0.4, -0.2) is 12.1 Å². The van der Waals surface area contributed by atoms with E-state index in [2.05, 4.69) is 54.5 Å². The van der Waals surface area contributed by atoms with Gasteiger partial charge in [0.15, 0.2) is 0 Å². The number of nitrogens with zero attached hydrogens (tertiary/aromatic N) is 2. The van der Waals surface area contributed by atoms with Gasteiger partial charge in [-0.25, -0.2) is 4.98 Å². The lowest BCUT2D eigenvalue weighted by Gasteiger charge is -2.07. The standard InChI is InChI=1S/C23H23N3OS/c1-16(2)12-17-8-10-18(11-9-17)21-15-28-23(26-21)19(13-24)14-25-20-6-4-5-7-22(20)27-3/h4-11,14-16,25H,12H2,1-3H3. The number of para-hydroxylation sites is 2. The fourth-order valence-electron chi connectivity index (χ4n) is 2.87. The Kier molecular flexibility index (Phi) is 6.46. The second-order valence-corrected chi connectivity index (χ2v) is 7.71. The van der Waals surface area contributed by atoms with Crippen LogP contribution in [0.5, 0.6) is 5.75 Å². The maximum Gasteiger partial charge on any atom is 0.142 e. The van der Waals surface area contributed by atoms with Crippen LogP contribution in [0.4, 0.5) is 5.69 Å². The monoisotopic (exact) mass is 389 g/mol. The molecule has 0 fully saturated rings. The van der Waals surface area contributed by atoms with Crippen molar-refractivity contribution in [2.45, 2.75) is 20.3 Å². The molecule has 1 N–H and O–H groups in total. The minimum atomic E-state index is 0.485. The molecule has 0 atom stereocenters. The number of allylic oxidation sites excluding steroid dienone is 1. The quantitative estimate of drug-likeness (QED) is 0.504. The van der Waals surface area contributed by atoms with Crippen molar-refractivity contribution < 1.29 is 4.74 Å². The fourth-order valence-corrected chi connectivity index (χ4v) is 3.66. The Morgan fingerprint density at radius 2 is 1.96 bits per heavy atom. The first-order valence-electron chi connectivity index (χ1n) is 9.15. The van der Waals surface area contributed by atoms with E-state index in [9.17, 15) is 5.26 Å². The summed E-state index contributed by atoms with van der Waals surface area (Å²) in [5, 5.41) is 15.4. The Balaban J connectivity index is 1.78. The maximum atomic E-state index is 9.56. The summed E-state index contributed by atoms with van der Waals surface area (Å²) in [6.07, 6.45) is 2.74. The highest BCUT2D eigenvalue weighted by atomic mass is 32.1. The highest BCUT2D eigenvalue weighted by Crippen LogP contribution is 2.28. The first-order chi connectivity index (χ1) is 13.6. The third-order valence-corrected chi connectivity index (χ3v) is 5.10. The van der Waals surface area contributed by atoms with E-state index < -0.39 is 0 Å². The molecule has 1 heterocycles. The van der Waals surface area contributed by atoms with E-state index in [1.165, 1.54) is 16.9 Å². The number of nitriles is 1. The molecule has 1 aromatic heterocycles. The van der Waals surface area contributed by atoms with E-state index in [-0.39, 0.29) is 0 Å². The zero-order chi connectivity index (χ0) is 19.9. The summed E-state index contributed by atoms with van der Waals surface area (Å²) < 4.78 is 5.32. The first-order valence-corrected chi connectivity index (χ1v) is 10.0. The molecule has 5 heteroatoms. The highest BCUT2D eigenvalue weighted by molar-refractivity contribution is 7.11. The van der Waals surface area contributed by atoms with Gasteiger partial charge in [-0.1, -0.05) is 50.2 Å². The Labute approximate surface area is 170 Å². The number of thiazole rings is 1. The molecule has 0 spiro atoms. The molecular weight excluding hydrogens is 366 g/mol.